The molecule has 9 heteroatoms. The van der Waals surface area contributed by atoms with Crippen LogP contribution in [0.5, 0.6) is 28.7 Å². The molecule has 0 saturated heterocycles. The first-order valence-electron chi connectivity index (χ1n) is 10.0. The molecule has 32 heavy (non-hydrogen) atoms. The molecule has 3 atom stereocenters. The van der Waals surface area contributed by atoms with Gasteiger partial charge in [-0.1, -0.05) is 0 Å². The number of esters is 1. The number of fused-ring (bicyclic) bond motifs is 2. The SMILES string of the molecule is COC(=O)[C@H]1[C@H](c2cc(OC)c(OC)c(OC)c2)c2cc3c(cc2C[C@H]1C=NO)OCO3. The third-order valence-electron chi connectivity index (χ3n) is 6.02. The summed E-state index contributed by atoms with van der Waals surface area (Å²) >= 11 is 0. The van der Waals surface area contributed by atoms with E-state index in [9.17, 15) is 10.0 Å². The number of nitrogens with zero attached hydrogens (tertiary/aromatic N) is 1. The molecule has 0 spiro atoms. The highest BCUT2D eigenvalue weighted by Crippen LogP contribution is 2.50. The van der Waals surface area contributed by atoms with Crippen LogP contribution in [0.15, 0.2) is 29.4 Å². The number of methoxy groups -OCH3 is 4. The topological polar surface area (TPSA) is 105 Å². The lowest BCUT2D eigenvalue weighted by Gasteiger charge is -2.37. The molecular weight excluding hydrogens is 418 g/mol. The Hall–Kier alpha value is -3.62. The minimum atomic E-state index is -0.661. The molecule has 2 aromatic carbocycles. The Morgan fingerprint density at radius 2 is 1.69 bits per heavy atom. The maximum absolute atomic E-state index is 13.0. The highest BCUT2D eigenvalue weighted by molar-refractivity contribution is 5.81. The Bertz CT molecular complexity index is 1030. The molecule has 9 nitrogen and oxygen atoms in total. The minimum Gasteiger partial charge on any atom is -0.493 e. The van der Waals surface area contributed by atoms with Crippen LogP contribution in [0, 0.1) is 11.8 Å². The van der Waals surface area contributed by atoms with Crippen LogP contribution in [0.1, 0.15) is 22.6 Å². The smallest absolute Gasteiger partial charge is 0.310 e. The summed E-state index contributed by atoms with van der Waals surface area (Å²) in [7, 11) is 5.94. The summed E-state index contributed by atoms with van der Waals surface area (Å²) in [6.45, 7) is 0.134. The van der Waals surface area contributed by atoms with Crippen molar-refractivity contribution in [1.29, 1.82) is 0 Å². The van der Waals surface area contributed by atoms with Gasteiger partial charge in [-0.3, -0.25) is 4.79 Å². The molecule has 0 unspecified atom stereocenters. The van der Waals surface area contributed by atoms with E-state index in [1.54, 1.807) is 0 Å². The Morgan fingerprint density at radius 1 is 1.03 bits per heavy atom. The van der Waals surface area contributed by atoms with Crippen LogP contribution >= 0.6 is 0 Å². The summed E-state index contributed by atoms with van der Waals surface area (Å²) in [5, 5.41) is 12.5. The lowest BCUT2D eigenvalue weighted by atomic mass is 9.66. The van der Waals surface area contributed by atoms with Gasteiger partial charge < -0.3 is 33.6 Å². The molecule has 0 saturated carbocycles. The summed E-state index contributed by atoms with van der Waals surface area (Å²) in [4.78, 5) is 13.0. The van der Waals surface area contributed by atoms with E-state index in [2.05, 4.69) is 5.16 Å². The number of oxime groups is 1. The van der Waals surface area contributed by atoms with Crippen LogP contribution in [0.4, 0.5) is 0 Å². The van der Waals surface area contributed by atoms with Gasteiger partial charge >= 0.3 is 5.97 Å². The van der Waals surface area contributed by atoms with Crippen molar-refractivity contribution in [2.75, 3.05) is 35.2 Å². The van der Waals surface area contributed by atoms with Crippen LogP contribution in [0.3, 0.4) is 0 Å². The van der Waals surface area contributed by atoms with E-state index in [0.717, 1.165) is 16.7 Å². The predicted molar refractivity (Wildman–Crippen MR) is 113 cm³/mol. The van der Waals surface area contributed by atoms with Crippen molar-refractivity contribution >= 4 is 12.2 Å². The zero-order chi connectivity index (χ0) is 22.8. The maximum Gasteiger partial charge on any atom is 0.310 e. The normalized spacial score (nSPS) is 21.2. The molecule has 2 aliphatic rings. The fraction of sp³-hybridized carbons (Fsp3) is 0.391. The second-order valence-corrected chi connectivity index (χ2v) is 7.52. The highest BCUT2D eigenvalue weighted by Gasteiger charge is 2.44. The van der Waals surface area contributed by atoms with Crippen molar-refractivity contribution in [3.05, 3.63) is 41.0 Å². The standard InChI is InChI=1S/C23H25NO8/c1-27-18-7-13(8-19(28-2)22(18)29-3)20-15-9-17-16(31-11-32-17)6-12(15)5-14(10-24-26)21(20)23(25)30-4/h6-10,14,20-21,26H,5,11H2,1-4H3/t14-,20+,21+/m0/s1. The monoisotopic (exact) mass is 443 g/mol. The van der Waals surface area contributed by atoms with Crippen molar-refractivity contribution in [2.24, 2.45) is 17.0 Å². The van der Waals surface area contributed by atoms with Crippen LogP contribution in [0.25, 0.3) is 0 Å². The first-order chi connectivity index (χ1) is 15.6. The molecule has 0 radical (unpaired) electrons. The predicted octanol–water partition coefficient (Wildman–Crippen LogP) is 2.99. The third kappa shape index (κ3) is 3.53. The number of ether oxygens (including phenoxy) is 6. The van der Waals surface area contributed by atoms with E-state index < -0.39 is 23.7 Å². The van der Waals surface area contributed by atoms with Crippen LogP contribution in [-0.2, 0) is 16.0 Å². The Balaban J connectivity index is 1.97. The molecule has 0 aromatic heterocycles. The summed E-state index contributed by atoms with van der Waals surface area (Å²) in [5.41, 5.74) is 2.60. The number of rotatable bonds is 6. The summed E-state index contributed by atoms with van der Waals surface area (Å²) < 4.78 is 32.8. The minimum absolute atomic E-state index is 0.134. The van der Waals surface area contributed by atoms with E-state index in [4.69, 9.17) is 28.4 Å². The second-order valence-electron chi connectivity index (χ2n) is 7.52. The van der Waals surface area contributed by atoms with Crippen molar-refractivity contribution < 1.29 is 38.4 Å². The average molecular weight is 443 g/mol. The van der Waals surface area contributed by atoms with E-state index in [1.807, 2.05) is 24.3 Å². The molecule has 0 amide bonds. The summed E-state index contributed by atoms with van der Waals surface area (Å²) in [6, 6.07) is 7.44. The van der Waals surface area contributed by atoms with Crippen LogP contribution in [-0.4, -0.2) is 52.6 Å². The van der Waals surface area contributed by atoms with Gasteiger partial charge in [-0.15, -0.1) is 5.16 Å². The lowest BCUT2D eigenvalue weighted by molar-refractivity contribution is -0.147. The fourth-order valence-corrected chi connectivity index (χ4v) is 4.63. The van der Waals surface area contributed by atoms with Crippen molar-refractivity contribution in [3.8, 4) is 28.7 Å². The average Bonchev–Trinajstić information content (AvgIpc) is 3.27. The largest absolute Gasteiger partial charge is 0.493 e. The van der Waals surface area contributed by atoms with Crippen LogP contribution < -0.4 is 23.7 Å². The number of benzene rings is 2. The van der Waals surface area contributed by atoms with E-state index in [1.165, 1.54) is 34.7 Å². The van der Waals surface area contributed by atoms with Gasteiger partial charge in [-0.05, 0) is 47.4 Å². The van der Waals surface area contributed by atoms with Crippen molar-refractivity contribution in [2.45, 2.75) is 12.3 Å². The molecule has 170 valence electrons. The number of hydrogen-bond acceptors (Lipinski definition) is 9. The molecule has 1 aliphatic carbocycles. The molecule has 0 bridgehead atoms. The Labute approximate surface area is 185 Å². The van der Waals surface area contributed by atoms with Gasteiger partial charge in [0.1, 0.15) is 0 Å². The van der Waals surface area contributed by atoms with Crippen molar-refractivity contribution in [1.82, 2.24) is 0 Å². The molecule has 1 N–H and O–H groups in total. The summed E-state index contributed by atoms with van der Waals surface area (Å²) in [6.07, 6.45) is 1.84. The van der Waals surface area contributed by atoms with Gasteiger partial charge in [0.2, 0.25) is 12.5 Å². The lowest BCUT2D eigenvalue weighted by Crippen LogP contribution is -2.37. The molecule has 4 rings (SSSR count). The molecule has 0 fully saturated rings. The molecule has 1 aliphatic heterocycles. The van der Waals surface area contributed by atoms with E-state index in [-0.39, 0.29) is 6.79 Å². The first-order valence-corrected chi connectivity index (χ1v) is 10.0. The second kappa shape index (κ2) is 8.86. The first kappa shape index (κ1) is 21.6. The van der Waals surface area contributed by atoms with E-state index in [0.29, 0.717) is 35.2 Å². The van der Waals surface area contributed by atoms with Crippen LogP contribution in [0.2, 0.25) is 0 Å². The van der Waals surface area contributed by atoms with Gasteiger partial charge in [0.05, 0.1) is 34.4 Å². The zero-order valence-electron chi connectivity index (χ0n) is 18.3. The van der Waals surface area contributed by atoms with Gasteiger partial charge in [-0.25, -0.2) is 0 Å². The molecule has 1 heterocycles. The third-order valence-corrected chi connectivity index (χ3v) is 6.02. The summed E-state index contributed by atoms with van der Waals surface area (Å²) in [5.74, 6) is 0.674. The highest BCUT2D eigenvalue weighted by atomic mass is 16.7. The van der Waals surface area contributed by atoms with Gasteiger partial charge in [0, 0.05) is 18.1 Å². The number of hydrogen-bond donors (Lipinski definition) is 1. The quantitative estimate of drug-likeness (QED) is 0.314. The number of carbonyl (C=O) groups is 1. The van der Waals surface area contributed by atoms with Gasteiger partial charge in [0.25, 0.3) is 0 Å². The van der Waals surface area contributed by atoms with E-state index >= 15 is 0 Å². The molecular formula is C23H25NO8. The van der Waals surface area contributed by atoms with Crippen molar-refractivity contribution in [3.63, 3.8) is 0 Å². The zero-order valence-corrected chi connectivity index (χ0v) is 18.3. The fourth-order valence-electron chi connectivity index (χ4n) is 4.63. The number of carbonyl (C=O) groups excluding carboxylic acids is 1. The Morgan fingerprint density at radius 3 is 2.25 bits per heavy atom. The molecule has 2 aromatic rings. The van der Waals surface area contributed by atoms with Gasteiger partial charge in [-0.2, -0.15) is 0 Å². The Kier molecular flexibility index (Phi) is 5.98. The maximum atomic E-state index is 13.0. The van der Waals surface area contributed by atoms with Gasteiger partial charge in [0.15, 0.2) is 23.0 Å².